The first-order valence-corrected chi connectivity index (χ1v) is 13.5. The molecule has 2 aromatic carbocycles. The molecule has 1 unspecified atom stereocenters. The molecular formula is C31H35N3O4. The fraction of sp³-hybridized carbons (Fsp3) is 0.419. The molecule has 2 saturated heterocycles. The van der Waals surface area contributed by atoms with Crippen LogP contribution in [0.15, 0.2) is 66.9 Å². The van der Waals surface area contributed by atoms with Crippen molar-refractivity contribution < 1.29 is 19.1 Å². The Balaban J connectivity index is 1.10. The van der Waals surface area contributed by atoms with Gasteiger partial charge in [0.05, 0.1) is 18.0 Å². The van der Waals surface area contributed by atoms with Crippen LogP contribution in [-0.4, -0.2) is 59.0 Å². The first-order valence-electron chi connectivity index (χ1n) is 13.5. The molecule has 0 saturated carbocycles. The van der Waals surface area contributed by atoms with Crippen LogP contribution in [0.5, 0.6) is 5.75 Å². The lowest BCUT2D eigenvalue weighted by Gasteiger charge is -2.40. The average molecular weight is 514 g/mol. The van der Waals surface area contributed by atoms with Crippen LogP contribution in [0.2, 0.25) is 0 Å². The van der Waals surface area contributed by atoms with Crippen molar-refractivity contribution in [3.63, 3.8) is 0 Å². The fourth-order valence-corrected chi connectivity index (χ4v) is 6.31. The van der Waals surface area contributed by atoms with E-state index in [1.165, 1.54) is 0 Å². The molecule has 2 fully saturated rings. The minimum Gasteiger partial charge on any atom is -0.484 e. The number of aromatic nitrogens is 1. The Hall–Kier alpha value is -3.58. The van der Waals surface area contributed by atoms with Gasteiger partial charge in [0, 0.05) is 37.9 Å². The standard InChI is InChI=1S/C31H35N3O4/c1-23-8-3-6-11-26(23)37-21-28(35)32-17-13-31(14-18-32)15-19-33(22-31)29(36)30(2)27-12-7-16-34(27)25-10-5-4-9-24(25)20-38-30/h3-12,16H,13-15,17-22H2,1-2H3. The van der Waals surface area contributed by atoms with E-state index in [-0.39, 0.29) is 23.8 Å². The van der Waals surface area contributed by atoms with E-state index in [0.717, 1.165) is 54.1 Å². The number of ether oxygens (including phenoxy) is 2. The molecule has 1 atom stereocenters. The molecule has 0 N–H and O–H groups in total. The van der Waals surface area contributed by atoms with Gasteiger partial charge < -0.3 is 23.8 Å². The van der Waals surface area contributed by atoms with Crippen LogP contribution in [-0.2, 0) is 26.5 Å². The molecule has 0 aliphatic carbocycles. The molecule has 38 heavy (non-hydrogen) atoms. The second-order valence-corrected chi connectivity index (χ2v) is 11.1. The Bertz CT molecular complexity index is 1360. The number of nitrogens with zero attached hydrogens (tertiary/aromatic N) is 3. The molecule has 3 aliphatic rings. The summed E-state index contributed by atoms with van der Waals surface area (Å²) in [6, 6.07) is 19.9. The summed E-state index contributed by atoms with van der Waals surface area (Å²) in [5, 5.41) is 0. The van der Waals surface area contributed by atoms with Crippen LogP contribution < -0.4 is 4.74 Å². The van der Waals surface area contributed by atoms with E-state index in [9.17, 15) is 9.59 Å². The number of aryl methyl sites for hydroxylation is 1. The van der Waals surface area contributed by atoms with E-state index in [1.807, 2.05) is 78.4 Å². The molecule has 3 aromatic rings. The predicted octanol–water partition coefficient (Wildman–Crippen LogP) is 4.45. The van der Waals surface area contributed by atoms with Gasteiger partial charge in [-0.15, -0.1) is 0 Å². The number of likely N-dealkylation sites (tertiary alicyclic amines) is 2. The number of rotatable bonds is 4. The summed E-state index contributed by atoms with van der Waals surface area (Å²) in [6.07, 6.45) is 4.76. The molecule has 7 nitrogen and oxygen atoms in total. The minimum atomic E-state index is -1.06. The zero-order valence-corrected chi connectivity index (χ0v) is 22.2. The van der Waals surface area contributed by atoms with Gasteiger partial charge in [-0.3, -0.25) is 9.59 Å². The number of carbonyl (C=O) groups is 2. The van der Waals surface area contributed by atoms with Crippen LogP contribution in [0.3, 0.4) is 0 Å². The zero-order valence-electron chi connectivity index (χ0n) is 22.2. The van der Waals surface area contributed by atoms with Crippen LogP contribution in [0, 0.1) is 12.3 Å². The van der Waals surface area contributed by atoms with Crippen molar-refractivity contribution in [2.75, 3.05) is 32.8 Å². The van der Waals surface area contributed by atoms with Gasteiger partial charge in [0.2, 0.25) is 0 Å². The number of amides is 2. The Kier molecular flexibility index (Phi) is 6.26. The van der Waals surface area contributed by atoms with Crippen molar-refractivity contribution >= 4 is 11.8 Å². The fourth-order valence-electron chi connectivity index (χ4n) is 6.31. The van der Waals surface area contributed by atoms with Crippen LogP contribution in [0.25, 0.3) is 5.69 Å². The van der Waals surface area contributed by atoms with Crippen molar-refractivity contribution in [1.82, 2.24) is 14.4 Å². The number of carbonyl (C=O) groups excluding carboxylic acids is 2. The summed E-state index contributed by atoms with van der Waals surface area (Å²) in [7, 11) is 0. The maximum absolute atomic E-state index is 14.0. The second-order valence-electron chi connectivity index (χ2n) is 11.1. The molecule has 1 spiro atoms. The zero-order chi connectivity index (χ0) is 26.3. The molecule has 2 amide bonds. The normalized spacial score (nSPS) is 22.1. The Labute approximate surface area is 223 Å². The average Bonchev–Trinajstić information content (AvgIpc) is 3.57. The molecule has 4 heterocycles. The highest BCUT2D eigenvalue weighted by Gasteiger charge is 2.49. The van der Waals surface area contributed by atoms with Crippen LogP contribution in [0.1, 0.15) is 43.0 Å². The van der Waals surface area contributed by atoms with Gasteiger partial charge >= 0.3 is 0 Å². The molecule has 1 aromatic heterocycles. The summed E-state index contributed by atoms with van der Waals surface area (Å²) in [6.45, 7) is 7.16. The van der Waals surface area contributed by atoms with Crippen molar-refractivity contribution in [3.05, 3.63) is 83.7 Å². The molecule has 198 valence electrons. The Morgan fingerprint density at radius 2 is 1.63 bits per heavy atom. The highest BCUT2D eigenvalue weighted by atomic mass is 16.5. The monoisotopic (exact) mass is 513 g/mol. The molecule has 7 heteroatoms. The number of para-hydroxylation sites is 2. The quantitative estimate of drug-likeness (QED) is 0.517. The van der Waals surface area contributed by atoms with Gasteiger partial charge in [0.25, 0.3) is 11.8 Å². The van der Waals surface area contributed by atoms with Gasteiger partial charge in [-0.05, 0) is 68.4 Å². The van der Waals surface area contributed by atoms with Gasteiger partial charge in [0.15, 0.2) is 12.2 Å². The van der Waals surface area contributed by atoms with Crippen molar-refractivity contribution in [2.45, 2.75) is 45.3 Å². The molecule has 6 rings (SSSR count). The van der Waals surface area contributed by atoms with Crippen molar-refractivity contribution in [1.29, 1.82) is 0 Å². The number of hydrogen-bond donors (Lipinski definition) is 0. The van der Waals surface area contributed by atoms with E-state index in [2.05, 4.69) is 16.7 Å². The largest absolute Gasteiger partial charge is 0.484 e. The number of fused-ring (bicyclic) bond motifs is 3. The van der Waals surface area contributed by atoms with E-state index >= 15 is 0 Å². The van der Waals surface area contributed by atoms with Crippen LogP contribution in [0.4, 0.5) is 0 Å². The topological polar surface area (TPSA) is 64.0 Å². The highest BCUT2D eigenvalue weighted by Crippen LogP contribution is 2.43. The SMILES string of the molecule is Cc1ccccc1OCC(=O)N1CCC2(CC1)CCN(C(=O)C1(C)OCc3ccccc3-n3cccc31)C2. The lowest BCUT2D eigenvalue weighted by Crippen LogP contribution is -2.49. The first-order chi connectivity index (χ1) is 18.4. The van der Waals surface area contributed by atoms with E-state index in [4.69, 9.17) is 9.47 Å². The van der Waals surface area contributed by atoms with Gasteiger partial charge in [0.1, 0.15) is 5.75 Å². The smallest absolute Gasteiger partial charge is 0.260 e. The summed E-state index contributed by atoms with van der Waals surface area (Å²) in [4.78, 5) is 30.8. The molecule has 0 radical (unpaired) electrons. The van der Waals surface area contributed by atoms with Gasteiger partial charge in [-0.2, -0.15) is 0 Å². The second kappa shape index (κ2) is 9.62. The van der Waals surface area contributed by atoms with E-state index in [1.54, 1.807) is 0 Å². The molecule has 3 aliphatic heterocycles. The lowest BCUT2D eigenvalue weighted by molar-refractivity contribution is -0.159. The third kappa shape index (κ3) is 4.29. The van der Waals surface area contributed by atoms with Gasteiger partial charge in [-0.25, -0.2) is 0 Å². The number of piperidine rings is 1. The third-order valence-electron chi connectivity index (χ3n) is 8.76. The lowest BCUT2D eigenvalue weighted by atomic mass is 9.77. The molecular weight excluding hydrogens is 478 g/mol. The number of hydrogen-bond acceptors (Lipinski definition) is 4. The predicted molar refractivity (Wildman–Crippen MR) is 144 cm³/mol. The van der Waals surface area contributed by atoms with Gasteiger partial charge in [-0.1, -0.05) is 36.4 Å². The third-order valence-corrected chi connectivity index (χ3v) is 8.76. The first kappa shape index (κ1) is 24.7. The summed E-state index contributed by atoms with van der Waals surface area (Å²) in [5.74, 6) is 0.795. The van der Waals surface area contributed by atoms with Crippen molar-refractivity contribution in [3.8, 4) is 11.4 Å². The minimum absolute atomic E-state index is 0.0206. The van der Waals surface area contributed by atoms with E-state index in [0.29, 0.717) is 26.2 Å². The summed E-state index contributed by atoms with van der Waals surface area (Å²) >= 11 is 0. The number of benzene rings is 2. The Morgan fingerprint density at radius 1 is 0.921 bits per heavy atom. The Morgan fingerprint density at radius 3 is 2.42 bits per heavy atom. The van der Waals surface area contributed by atoms with Crippen LogP contribution >= 0.6 is 0 Å². The summed E-state index contributed by atoms with van der Waals surface area (Å²) in [5.41, 5.74) is 3.01. The summed E-state index contributed by atoms with van der Waals surface area (Å²) < 4.78 is 14.3. The maximum Gasteiger partial charge on any atom is 0.260 e. The highest BCUT2D eigenvalue weighted by molar-refractivity contribution is 5.86. The van der Waals surface area contributed by atoms with E-state index < -0.39 is 5.60 Å². The molecule has 0 bridgehead atoms. The maximum atomic E-state index is 14.0. The van der Waals surface area contributed by atoms with Crippen molar-refractivity contribution in [2.24, 2.45) is 5.41 Å².